The van der Waals surface area contributed by atoms with E-state index in [1.165, 1.54) is 0 Å². The predicted molar refractivity (Wildman–Crippen MR) is 116 cm³/mol. The third-order valence-electron chi connectivity index (χ3n) is 3.55. The van der Waals surface area contributed by atoms with Crippen LogP contribution in [0, 0.1) is 0 Å². The summed E-state index contributed by atoms with van der Waals surface area (Å²) in [6, 6.07) is 18.0. The molecule has 1 amide bonds. The summed E-state index contributed by atoms with van der Waals surface area (Å²) in [5.74, 6) is 4.68. The Balaban J connectivity index is 0.000000387. The molecule has 2 aromatic rings. The van der Waals surface area contributed by atoms with E-state index < -0.39 is 21.2 Å². The number of carbonyl (C=O) groups is 1. The number of benzene rings is 2. The van der Waals surface area contributed by atoms with Gasteiger partial charge in [-0.25, -0.2) is 5.84 Å². The van der Waals surface area contributed by atoms with Gasteiger partial charge >= 0.3 is 0 Å². The van der Waals surface area contributed by atoms with Crippen LogP contribution in [0.4, 0.5) is 0 Å². The van der Waals surface area contributed by atoms with Crippen molar-refractivity contribution in [3.8, 4) is 0 Å². The van der Waals surface area contributed by atoms with E-state index in [0.717, 1.165) is 12.3 Å². The minimum atomic E-state index is -2.99. The SMILES string of the molecule is C=CCP(O)CC=C.NNC(=O)CP(=O)(c1ccccc1)c1ccccc1. The van der Waals surface area contributed by atoms with E-state index in [1.54, 1.807) is 36.4 Å². The predicted octanol–water partition coefficient (Wildman–Crippen LogP) is 2.74. The summed E-state index contributed by atoms with van der Waals surface area (Å²) in [5, 5.41) is 1.31. The maximum Gasteiger partial charge on any atom is 0.241 e. The average Bonchev–Trinajstić information content (AvgIpc) is 2.70. The standard InChI is InChI=1S/C14H15N2O2P.C6H11OP/c15-16-14(17)11-19(18,12-7-3-1-4-8-12)13-9-5-2-6-10-13;1-3-5-8(7)6-4-2/h1-10H,11,15H2,(H,16,17);3-4,7H,1-2,5-6H2. The Labute approximate surface area is 162 Å². The molecule has 0 heterocycles. The molecule has 7 heteroatoms. The maximum absolute atomic E-state index is 13.3. The van der Waals surface area contributed by atoms with E-state index in [1.807, 2.05) is 41.8 Å². The van der Waals surface area contributed by atoms with Crippen LogP contribution in [0.5, 0.6) is 0 Å². The zero-order chi connectivity index (χ0) is 20.1. The lowest BCUT2D eigenvalue weighted by Gasteiger charge is -2.18. The molecular formula is C20H26N2O3P2. The highest BCUT2D eigenvalue weighted by atomic mass is 31.2. The van der Waals surface area contributed by atoms with Crippen molar-refractivity contribution in [2.75, 3.05) is 18.5 Å². The second kappa shape index (κ2) is 12.4. The second-order valence-corrected chi connectivity index (χ2v) is 10.2. The highest BCUT2D eigenvalue weighted by molar-refractivity contribution is 7.79. The molecule has 0 saturated carbocycles. The zero-order valence-electron chi connectivity index (χ0n) is 15.2. The largest absolute Gasteiger partial charge is 0.373 e. The number of allylic oxidation sites excluding steroid dienone is 2. The highest BCUT2D eigenvalue weighted by Gasteiger charge is 2.29. The first kappa shape index (κ1) is 23.0. The monoisotopic (exact) mass is 404 g/mol. The van der Waals surface area contributed by atoms with Gasteiger partial charge in [-0.3, -0.25) is 10.2 Å². The number of hydrogen-bond acceptors (Lipinski definition) is 4. The lowest BCUT2D eigenvalue weighted by molar-refractivity contribution is -0.118. The second-order valence-electron chi connectivity index (χ2n) is 5.59. The Morgan fingerprint density at radius 2 is 1.41 bits per heavy atom. The van der Waals surface area contributed by atoms with Crippen LogP contribution in [0.2, 0.25) is 0 Å². The van der Waals surface area contributed by atoms with E-state index >= 15 is 0 Å². The quantitative estimate of drug-likeness (QED) is 0.207. The fourth-order valence-corrected chi connectivity index (χ4v) is 5.50. The van der Waals surface area contributed by atoms with Crippen LogP contribution in [0.1, 0.15) is 0 Å². The third-order valence-corrected chi connectivity index (χ3v) is 7.91. The Bertz CT molecular complexity index is 714. The van der Waals surface area contributed by atoms with Crippen molar-refractivity contribution >= 4 is 31.8 Å². The highest BCUT2D eigenvalue weighted by Crippen LogP contribution is 2.42. The van der Waals surface area contributed by atoms with Gasteiger partial charge in [0, 0.05) is 31.1 Å². The first-order valence-electron chi connectivity index (χ1n) is 8.33. The number of rotatable bonds is 8. The molecule has 0 bridgehead atoms. The van der Waals surface area contributed by atoms with Crippen molar-refractivity contribution in [1.82, 2.24) is 5.43 Å². The molecule has 0 saturated heterocycles. The summed E-state index contributed by atoms with van der Waals surface area (Å²) in [4.78, 5) is 20.5. The molecule has 144 valence electrons. The molecule has 2 rings (SSSR count). The number of nitrogens with one attached hydrogen (secondary N) is 1. The molecule has 0 aliphatic carbocycles. The first-order valence-corrected chi connectivity index (χ1v) is 11.9. The molecule has 0 radical (unpaired) electrons. The van der Waals surface area contributed by atoms with Crippen LogP contribution in [0.15, 0.2) is 86.0 Å². The van der Waals surface area contributed by atoms with Gasteiger partial charge < -0.3 is 9.46 Å². The molecule has 0 unspecified atom stereocenters. The van der Waals surface area contributed by atoms with Gasteiger partial charge in [0.25, 0.3) is 0 Å². The fraction of sp³-hybridized carbons (Fsp3) is 0.150. The van der Waals surface area contributed by atoms with Gasteiger partial charge in [0.15, 0.2) is 7.14 Å². The van der Waals surface area contributed by atoms with E-state index in [2.05, 4.69) is 13.2 Å². The minimum Gasteiger partial charge on any atom is -0.373 e. The number of hydrazine groups is 1. The molecule has 27 heavy (non-hydrogen) atoms. The molecule has 0 aliphatic heterocycles. The van der Waals surface area contributed by atoms with Gasteiger partial charge in [-0.2, -0.15) is 0 Å². The summed E-state index contributed by atoms with van der Waals surface area (Å²) in [6.07, 6.45) is 4.78. The Kier molecular flexibility index (Phi) is 10.5. The molecule has 2 aromatic carbocycles. The molecule has 0 atom stereocenters. The van der Waals surface area contributed by atoms with Gasteiger partial charge in [0.2, 0.25) is 5.91 Å². The Hall–Kier alpha value is -2.03. The average molecular weight is 404 g/mol. The molecule has 0 spiro atoms. The van der Waals surface area contributed by atoms with E-state index in [4.69, 9.17) is 10.7 Å². The van der Waals surface area contributed by atoms with Crippen LogP contribution in [-0.4, -0.2) is 29.3 Å². The molecule has 0 aliphatic rings. The molecular weight excluding hydrogens is 378 g/mol. The summed E-state index contributed by atoms with van der Waals surface area (Å²) >= 11 is 0. The summed E-state index contributed by atoms with van der Waals surface area (Å²) in [6.45, 7) is 7.01. The van der Waals surface area contributed by atoms with Crippen LogP contribution in [0.25, 0.3) is 0 Å². The lowest BCUT2D eigenvalue weighted by Crippen LogP contribution is -2.35. The number of carbonyl (C=O) groups excluding carboxylic acids is 1. The van der Waals surface area contributed by atoms with E-state index in [-0.39, 0.29) is 6.16 Å². The van der Waals surface area contributed by atoms with Crippen molar-refractivity contribution in [1.29, 1.82) is 0 Å². The van der Waals surface area contributed by atoms with Crippen LogP contribution >= 0.6 is 15.3 Å². The summed E-state index contributed by atoms with van der Waals surface area (Å²) in [5.41, 5.74) is 2.05. The molecule has 0 fully saturated rings. The van der Waals surface area contributed by atoms with E-state index in [9.17, 15) is 9.36 Å². The number of amides is 1. The van der Waals surface area contributed by atoms with Gasteiger partial charge in [-0.1, -0.05) is 72.8 Å². The summed E-state index contributed by atoms with van der Waals surface area (Å²) in [7, 11) is -3.81. The van der Waals surface area contributed by atoms with Gasteiger partial charge in [0.1, 0.15) is 0 Å². The van der Waals surface area contributed by atoms with E-state index in [0.29, 0.717) is 10.6 Å². The molecule has 4 N–H and O–H groups in total. The van der Waals surface area contributed by atoms with Crippen LogP contribution in [0.3, 0.4) is 0 Å². The number of hydrogen-bond donors (Lipinski definition) is 3. The normalized spacial score (nSPS) is 10.5. The first-order chi connectivity index (χ1) is 13.0. The van der Waals surface area contributed by atoms with Crippen LogP contribution in [-0.2, 0) is 9.36 Å². The fourth-order valence-electron chi connectivity index (χ4n) is 2.29. The smallest absolute Gasteiger partial charge is 0.241 e. The lowest BCUT2D eigenvalue weighted by atomic mass is 10.4. The van der Waals surface area contributed by atoms with Crippen molar-refractivity contribution in [2.45, 2.75) is 0 Å². The zero-order valence-corrected chi connectivity index (χ0v) is 17.0. The third kappa shape index (κ3) is 7.62. The van der Waals surface area contributed by atoms with Crippen molar-refractivity contribution < 1.29 is 14.3 Å². The molecule has 5 nitrogen and oxygen atoms in total. The maximum atomic E-state index is 13.3. The van der Waals surface area contributed by atoms with Gasteiger partial charge in [0.05, 0.1) is 6.16 Å². The topological polar surface area (TPSA) is 92.4 Å². The van der Waals surface area contributed by atoms with Gasteiger partial charge in [-0.15, -0.1) is 13.2 Å². The van der Waals surface area contributed by atoms with Crippen molar-refractivity contribution in [3.63, 3.8) is 0 Å². The summed E-state index contributed by atoms with van der Waals surface area (Å²) < 4.78 is 13.3. The van der Waals surface area contributed by atoms with Crippen molar-refractivity contribution in [3.05, 3.63) is 86.0 Å². The van der Waals surface area contributed by atoms with Gasteiger partial charge in [-0.05, 0) is 0 Å². The van der Waals surface area contributed by atoms with Crippen molar-refractivity contribution in [2.24, 2.45) is 5.84 Å². The van der Waals surface area contributed by atoms with Crippen LogP contribution < -0.4 is 21.9 Å². The Morgan fingerprint density at radius 1 is 1.00 bits per heavy atom. The minimum absolute atomic E-state index is 0.127. The number of nitrogens with two attached hydrogens (primary N) is 1. The molecule has 0 aromatic heterocycles. The Morgan fingerprint density at radius 3 is 1.74 bits per heavy atom.